The lowest BCUT2D eigenvalue weighted by Gasteiger charge is -2.11. The van der Waals surface area contributed by atoms with E-state index >= 15 is 0 Å². The lowest BCUT2D eigenvalue weighted by molar-refractivity contribution is -0.117. The fourth-order valence-electron chi connectivity index (χ4n) is 2.17. The number of amides is 1. The SMILES string of the molecule is CC(C)NC(=O)/C(C#N)=C\c1ccc(OCc2ccc(Cl)cc2Cl)c(I)c1. The summed E-state index contributed by atoms with van der Waals surface area (Å²) in [5, 5.41) is 13.1. The summed E-state index contributed by atoms with van der Waals surface area (Å²) in [5.74, 6) is 0.295. The van der Waals surface area contributed by atoms with Gasteiger partial charge in [0.1, 0.15) is 24.0 Å². The fraction of sp³-hybridized carbons (Fsp3) is 0.200. The second-order valence-electron chi connectivity index (χ2n) is 6.01. The van der Waals surface area contributed by atoms with Crippen LogP contribution in [0.2, 0.25) is 10.0 Å². The first-order valence-electron chi connectivity index (χ1n) is 8.09. The molecule has 1 N–H and O–H groups in total. The van der Waals surface area contributed by atoms with Gasteiger partial charge in [0, 0.05) is 21.7 Å². The van der Waals surface area contributed by atoms with Crippen LogP contribution in [0.25, 0.3) is 6.08 Å². The number of hydrogen-bond acceptors (Lipinski definition) is 3. The molecule has 27 heavy (non-hydrogen) atoms. The standard InChI is InChI=1S/C20H17Cl2IN2O2/c1-12(2)25-20(26)15(10-24)7-13-3-6-19(18(23)8-13)27-11-14-4-5-16(21)9-17(14)22/h3-9,12H,11H2,1-2H3,(H,25,26)/b15-7-. The van der Waals surface area contributed by atoms with Crippen molar-refractivity contribution in [3.05, 3.63) is 66.7 Å². The highest BCUT2D eigenvalue weighted by molar-refractivity contribution is 14.1. The maximum atomic E-state index is 12.0. The molecule has 2 rings (SSSR count). The van der Waals surface area contributed by atoms with E-state index in [9.17, 15) is 10.1 Å². The van der Waals surface area contributed by atoms with Crippen LogP contribution in [-0.2, 0) is 11.4 Å². The summed E-state index contributed by atoms with van der Waals surface area (Å²) in [7, 11) is 0. The van der Waals surface area contributed by atoms with E-state index in [1.54, 1.807) is 30.3 Å². The molecule has 0 unspecified atom stereocenters. The maximum absolute atomic E-state index is 12.0. The van der Waals surface area contributed by atoms with Gasteiger partial charge in [-0.1, -0.05) is 35.3 Å². The van der Waals surface area contributed by atoms with E-state index in [0.717, 1.165) is 14.7 Å². The van der Waals surface area contributed by atoms with E-state index in [1.807, 2.05) is 32.0 Å². The molecule has 0 atom stereocenters. The minimum Gasteiger partial charge on any atom is -0.488 e. The topological polar surface area (TPSA) is 62.1 Å². The zero-order valence-corrected chi connectivity index (χ0v) is 18.4. The van der Waals surface area contributed by atoms with Crippen LogP contribution in [0.5, 0.6) is 5.75 Å². The first-order chi connectivity index (χ1) is 12.8. The third-order valence-corrected chi connectivity index (χ3v) is 4.88. The van der Waals surface area contributed by atoms with E-state index in [-0.39, 0.29) is 17.5 Å². The van der Waals surface area contributed by atoms with Gasteiger partial charge in [-0.15, -0.1) is 0 Å². The monoisotopic (exact) mass is 514 g/mol. The van der Waals surface area contributed by atoms with Gasteiger partial charge in [0.05, 0.1) is 3.57 Å². The predicted octanol–water partition coefficient (Wildman–Crippen LogP) is 5.61. The van der Waals surface area contributed by atoms with E-state index < -0.39 is 0 Å². The van der Waals surface area contributed by atoms with Crippen molar-refractivity contribution in [1.29, 1.82) is 5.26 Å². The minimum atomic E-state index is -0.389. The van der Waals surface area contributed by atoms with Crippen LogP contribution in [0.3, 0.4) is 0 Å². The largest absolute Gasteiger partial charge is 0.488 e. The average molecular weight is 515 g/mol. The number of nitrogens with zero attached hydrogens (tertiary/aromatic N) is 1. The number of nitrogens with one attached hydrogen (secondary N) is 1. The molecule has 140 valence electrons. The summed E-state index contributed by atoms with van der Waals surface area (Å²) in [6.07, 6.45) is 1.56. The number of rotatable bonds is 6. The summed E-state index contributed by atoms with van der Waals surface area (Å²) < 4.78 is 6.68. The summed E-state index contributed by atoms with van der Waals surface area (Å²) in [6.45, 7) is 3.99. The van der Waals surface area contributed by atoms with Crippen LogP contribution >= 0.6 is 45.8 Å². The summed E-state index contributed by atoms with van der Waals surface area (Å²) in [6, 6.07) is 12.6. The van der Waals surface area contributed by atoms with Crippen LogP contribution in [0.4, 0.5) is 0 Å². The van der Waals surface area contributed by atoms with E-state index in [2.05, 4.69) is 27.9 Å². The maximum Gasteiger partial charge on any atom is 0.262 e. The zero-order chi connectivity index (χ0) is 20.0. The average Bonchev–Trinajstić information content (AvgIpc) is 2.59. The van der Waals surface area contributed by atoms with E-state index in [1.165, 1.54) is 0 Å². The van der Waals surface area contributed by atoms with E-state index in [0.29, 0.717) is 22.4 Å². The number of carbonyl (C=O) groups is 1. The second kappa shape index (κ2) is 9.98. The Hall–Kier alpha value is -1.75. The van der Waals surface area contributed by atoms with Gasteiger partial charge >= 0.3 is 0 Å². The van der Waals surface area contributed by atoms with Gasteiger partial charge in [0.15, 0.2) is 0 Å². The Morgan fingerprint density at radius 1 is 1.30 bits per heavy atom. The Morgan fingerprint density at radius 2 is 2.04 bits per heavy atom. The quantitative estimate of drug-likeness (QED) is 0.309. The molecule has 2 aromatic carbocycles. The zero-order valence-electron chi connectivity index (χ0n) is 14.7. The molecular formula is C20H17Cl2IN2O2. The molecule has 0 aromatic heterocycles. The Morgan fingerprint density at radius 3 is 2.63 bits per heavy atom. The molecule has 0 aliphatic heterocycles. The molecule has 0 bridgehead atoms. The van der Waals surface area contributed by atoms with Crippen molar-refractivity contribution in [1.82, 2.24) is 5.32 Å². The van der Waals surface area contributed by atoms with Gasteiger partial charge in [-0.25, -0.2) is 0 Å². The molecule has 0 radical (unpaired) electrons. The van der Waals surface area contributed by atoms with Crippen molar-refractivity contribution >= 4 is 57.8 Å². The second-order valence-corrected chi connectivity index (χ2v) is 8.02. The van der Waals surface area contributed by atoms with Crippen LogP contribution in [0.15, 0.2) is 42.0 Å². The molecular weight excluding hydrogens is 498 g/mol. The number of ether oxygens (including phenoxy) is 1. The van der Waals surface area contributed by atoms with Gasteiger partial charge in [0.25, 0.3) is 5.91 Å². The van der Waals surface area contributed by atoms with Gasteiger partial charge in [0.2, 0.25) is 0 Å². The Bertz CT molecular complexity index is 921. The van der Waals surface area contributed by atoms with Crippen LogP contribution < -0.4 is 10.1 Å². The van der Waals surface area contributed by atoms with Crippen molar-refractivity contribution in [3.63, 3.8) is 0 Å². The molecule has 2 aromatic rings. The number of nitriles is 1. The lowest BCUT2D eigenvalue weighted by atomic mass is 10.1. The first-order valence-corrected chi connectivity index (χ1v) is 9.92. The summed E-state index contributed by atoms with van der Waals surface area (Å²) >= 11 is 14.2. The Balaban J connectivity index is 2.14. The number of halogens is 3. The van der Waals surface area contributed by atoms with Crippen molar-refractivity contribution in [2.75, 3.05) is 0 Å². The van der Waals surface area contributed by atoms with Gasteiger partial charge in [-0.05, 0) is 72.3 Å². The molecule has 7 heteroatoms. The number of carbonyl (C=O) groups excluding carboxylic acids is 1. The molecule has 4 nitrogen and oxygen atoms in total. The Labute approximate surface area is 182 Å². The normalized spacial score (nSPS) is 11.2. The fourth-order valence-corrected chi connectivity index (χ4v) is 3.33. The Kier molecular flexibility index (Phi) is 7.96. The lowest BCUT2D eigenvalue weighted by Crippen LogP contribution is -2.30. The molecule has 0 aliphatic rings. The predicted molar refractivity (Wildman–Crippen MR) is 117 cm³/mol. The van der Waals surface area contributed by atoms with Crippen molar-refractivity contribution in [2.24, 2.45) is 0 Å². The van der Waals surface area contributed by atoms with E-state index in [4.69, 9.17) is 27.9 Å². The molecule has 0 heterocycles. The summed E-state index contributed by atoms with van der Waals surface area (Å²) in [4.78, 5) is 12.0. The van der Waals surface area contributed by atoms with Crippen LogP contribution in [0.1, 0.15) is 25.0 Å². The van der Waals surface area contributed by atoms with Crippen molar-refractivity contribution < 1.29 is 9.53 Å². The number of hydrogen-bond donors (Lipinski definition) is 1. The summed E-state index contributed by atoms with van der Waals surface area (Å²) in [5.41, 5.74) is 1.63. The van der Waals surface area contributed by atoms with Crippen LogP contribution in [-0.4, -0.2) is 11.9 Å². The van der Waals surface area contributed by atoms with Gasteiger partial charge in [-0.3, -0.25) is 4.79 Å². The highest BCUT2D eigenvalue weighted by atomic mass is 127. The molecule has 0 saturated heterocycles. The highest BCUT2D eigenvalue weighted by Crippen LogP contribution is 2.26. The first kappa shape index (κ1) is 21.5. The third-order valence-electron chi connectivity index (χ3n) is 3.45. The molecule has 0 aliphatic carbocycles. The third kappa shape index (κ3) is 6.42. The minimum absolute atomic E-state index is 0.0372. The molecule has 1 amide bonds. The van der Waals surface area contributed by atoms with Crippen molar-refractivity contribution in [2.45, 2.75) is 26.5 Å². The van der Waals surface area contributed by atoms with Gasteiger partial charge in [-0.2, -0.15) is 5.26 Å². The highest BCUT2D eigenvalue weighted by Gasteiger charge is 2.11. The molecule has 0 spiro atoms. The number of benzene rings is 2. The van der Waals surface area contributed by atoms with Crippen molar-refractivity contribution in [3.8, 4) is 11.8 Å². The smallest absolute Gasteiger partial charge is 0.262 e. The van der Waals surface area contributed by atoms with Crippen LogP contribution in [0, 0.1) is 14.9 Å². The molecule has 0 fully saturated rings. The van der Waals surface area contributed by atoms with Gasteiger partial charge < -0.3 is 10.1 Å². The molecule has 0 saturated carbocycles.